The summed E-state index contributed by atoms with van der Waals surface area (Å²) < 4.78 is 26.6. The first-order valence-electron chi connectivity index (χ1n) is 5.95. The summed E-state index contributed by atoms with van der Waals surface area (Å²) in [6.07, 6.45) is 3.32. The molecule has 1 aliphatic carbocycles. The second-order valence-corrected chi connectivity index (χ2v) is 6.92. The molecule has 0 atom stereocenters. The van der Waals surface area contributed by atoms with E-state index in [4.69, 9.17) is 17.3 Å². The van der Waals surface area contributed by atoms with Crippen LogP contribution in [0.2, 0.25) is 5.02 Å². The molecular weight excluding hydrogens is 272 g/mol. The summed E-state index contributed by atoms with van der Waals surface area (Å²) in [5.41, 5.74) is 6.82. The van der Waals surface area contributed by atoms with Crippen molar-refractivity contribution in [2.24, 2.45) is 5.92 Å². The van der Waals surface area contributed by atoms with Crippen LogP contribution in [0.4, 0.5) is 5.69 Å². The monoisotopic (exact) mass is 288 g/mol. The third kappa shape index (κ3) is 3.16. The number of hydrogen-bond donors (Lipinski definition) is 2. The van der Waals surface area contributed by atoms with E-state index in [1.54, 1.807) is 6.92 Å². The Morgan fingerprint density at radius 2 is 2.11 bits per heavy atom. The third-order valence-corrected chi connectivity index (χ3v) is 5.04. The first-order valence-corrected chi connectivity index (χ1v) is 7.81. The molecule has 0 bridgehead atoms. The van der Waals surface area contributed by atoms with Gasteiger partial charge in [0.05, 0.1) is 4.90 Å². The number of nitrogens with two attached hydrogens (primary N) is 1. The van der Waals surface area contributed by atoms with Crippen LogP contribution in [-0.2, 0) is 10.0 Å². The maximum absolute atomic E-state index is 12.0. The Bertz CT molecular complexity index is 530. The van der Waals surface area contributed by atoms with Crippen LogP contribution in [0.3, 0.4) is 0 Å². The molecule has 0 saturated heterocycles. The van der Waals surface area contributed by atoms with E-state index in [9.17, 15) is 8.42 Å². The van der Waals surface area contributed by atoms with E-state index >= 15 is 0 Å². The summed E-state index contributed by atoms with van der Waals surface area (Å²) in [4.78, 5) is 0.131. The Labute approximate surface area is 113 Å². The summed E-state index contributed by atoms with van der Waals surface area (Å²) in [6, 6.07) is 2.88. The lowest BCUT2D eigenvalue weighted by Crippen LogP contribution is -2.25. The fourth-order valence-electron chi connectivity index (χ4n) is 1.72. The minimum Gasteiger partial charge on any atom is -0.398 e. The predicted octanol–water partition coefficient (Wildman–Crippen LogP) is 2.31. The van der Waals surface area contributed by atoms with Crippen molar-refractivity contribution in [2.75, 3.05) is 12.3 Å². The van der Waals surface area contributed by atoms with E-state index in [2.05, 4.69) is 4.72 Å². The Hall–Kier alpha value is -0.780. The Balaban J connectivity index is 2.12. The lowest BCUT2D eigenvalue weighted by molar-refractivity contribution is 0.575. The molecule has 0 aromatic heterocycles. The molecule has 1 aromatic rings. The largest absolute Gasteiger partial charge is 0.398 e. The zero-order chi connectivity index (χ0) is 13.3. The standard InChI is InChI=1S/C12H17ClN2O2S/c1-8-11(13)6-10(7-12(8)14)18(16,17)15-5-4-9-2-3-9/h6-7,9,15H,2-5,14H2,1H3. The van der Waals surface area contributed by atoms with Gasteiger partial charge >= 0.3 is 0 Å². The second kappa shape index (κ2) is 5.07. The molecule has 3 N–H and O–H groups in total. The SMILES string of the molecule is Cc1c(N)cc(S(=O)(=O)NCCC2CC2)cc1Cl. The number of nitrogen functional groups attached to an aromatic ring is 1. The maximum atomic E-state index is 12.0. The zero-order valence-corrected chi connectivity index (χ0v) is 11.8. The van der Waals surface area contributed by atoms with E-state index in [0.29, 0.717) is 28.7 Å². The number of sulfonamides is 1. The van der Waals surface area contributed by atoms with Gasteiger partial charge in [-0.15, -0.1) is 0 Å². The minimum atomic E-state index is -3.50. The van der Waals surface area contributed by atoms with Crippen LogP contribution in [0.15, 0.2) is 17.0 Å². The summed E-state index contributed by atoms with van der Waals surface area (Å²) in [7, 11) is -3.50. The number of halogens is 1. The number of anilines is 1. The van der Waals surface area contributed by atoms with Gasteiger partial charge in [-0.1, -0.05) is 24.4 Å². The quantitative estimate of drug-likeness (QED) is 0.817. The van der Waals surface area contributed by atoms with Crippen molar-refractivity contribution >= 4 is 27.3 Å². The first-order chi connectivity index (χ1) is 8.40. The predicted molar refractivity (Wildman–Crippen MR) is 73.1 cm³/mol. The summed E-state index contributed by atoms with van der Waals surface area (Å²) in [6.45, 7) is 2.23. The fourth-order valence-corrected chi connectivity index (χ4v) is 3.12. The number of hydrogen-bond acceptors (Lipinski definition) is 3. The van der Waals surface area contributed by atoms with E-state index in [1.807, 2.05) is 0 Å². The molecule has 1 fully saturated rings. The normalized spacial score (nSPS) is 15.9. The molecule has 1 aliphatic rings. The highest BCUT2D eigenvalue weighted by atomic mass is 35.5. The van der Waals surface area contributed by atoms with Crippen LogP contribution in [0.25, 0.3) is 0 Å². The third-order valence-electron chi connectivity index (χ3n) is 3.21. The molecule has 1 saturated carbocycles. The molecule has 2 rings (SSSR count). The molecule has 0 amide bonds. The van der Waals surface area contributed by atoms with E-state index < -0.39 is 10.0 Å². The van der Waals surface area contributed by atoms with Crippen molar-refractivity contribution in [3.8, 4) is 0 Å². The average Bonchev–Trinajstić information content (AvgIpc) is 3.09. The smallest absolute Gasteiger partial charge is 0.240 e. The molecule has 18 heavy (non-hydrogen) atoms. The zero-order valence-electron chi connectivity index (χ0n) is 10.2. The van der Waals surface area contributed by atoms with Crippen LogP contribution in [0.1, 0.15) is 24.8 Å². The van der Waals surface area contributed by atoms with Gasteiger partial charge in [-0.25, -0.2) is 13.1 Å². The highest BCUT2D eigenvalue weighted by molar-refractivity contribution is 7.89. The van der Waals surface area contributed by atoms with Crippen molar-refractivity contribution in [2.45, 2.75) is 31.1 Å². The van der Waals surface area contributed by atoms with E-state index in [-0.39, 0.29) is 4.90 Å². The Morgan fingerprint density at radius 1 is 1.44 bits per heavy atom. The van der Waals surface area contributed by atoms with Gasteiger partial charge in [-0.3, -0.25) is 0 Å². The van der Waals surface area contributed by atoms with Gasteiger partial charge < -0.3 is 5.73 Å². The number of benzene rings is 1. The van der Waals surface area contributed by atoms with Crippen molar-refractivity contribution in [1.29, 1.82) is 0 Å². The molecule has 100 valence electrons. The number of nitrogens with one attached hydrogen (secondary N) is 1. The molecule has 0 heterocycles. The van der Waals surface area contributed by atoms with Crippen LogP contribution in [0.5, 0.6) is 0 Å². The minimum absolute atomic E-state index is 0.131. The first kappa shape index (κ1) is 13.6. The van der Waals surface area contributed by atoms with Crippen LogP contribution < -0.4 is 10.5 Å². The van der Waals surface area contributed by atoms with Gasteiger partial charge in [0, 0.05) is 17.3 Å². The van der Waals surface area contributed by atoms with Gasteiger partial charge in [0.15, 0.2) is 0 Å². The molecule has 0 unspecified atom stereocenters. The highest BCUT2D eigenvalue weighted by Gasteiger charge is 2.22. The Morgan fingerprint density at radius 3 is 2.67 bits per heavy atom. The van der Waals surface area contributed by atoms with Crippen molar-refractivity contribution in [1.82, 2.24) is 4.72 Å². The van der Waals surface area contributed by atoms with Crippen LogP contribution in [0, 0.1) is 12.8 Å². The lowest BCUT2D eigenvalue weighted by atomic mass is 10.2. The van der Waals surface area contributed by atoms with Gasteiger partial charge in [0.2, 0.25) is 10.0 Å². The second-order valence-electron chi connectivity index (χ2n) is 4.75. The van der Waals surface area contributed by atoms with Crippen molar-refractivity contribution in [3.05, 3.63) is 22.7 Å². The number of rotatable bonds is 5. The molecule has 0 spiro atoms. The summed E-state index contributed by atoms with van der Waals surface area (Å²) >= 11 is 5.95. The van der Waals surface area contributed by atoms with Crippen molar-refractivity contribution < 1.29 is 8.42 Å². The topological polar surface area (TPSA) is 72.2 Å². The molecule has 4 nitrogen and oxygen atoms in total. The average molecular weight is 289 g/mol. The fraction of sp³-hybridized carbons (Fsp3) is 0.500. The van der Waals surface area contributed by atoms with Gasteiger partial charge in [0.25, 0.3) is 0 Å². The summed E-state index contributed by atoms with van der Waals surface area (Å²) in [5, 5.41) is 0.373. The molecule has 6 heteroatoms. The molecule has 0 radical (unpaired) electrons. The van der Waals surface area contributed by atoms with E-state index in [1.165, 1.54) is 25.0 Å². The van der Waals surface area contributed by atoms with Crippen molar-refractivity contribution in [3.63, 3.8) is 0 Å². The van der Waals surface area contributed by atoms with E-state index in [0.717, 1.165) is 6.42 Å². The van der Waals surface area contributed by atoms with Crippen LogP contribution >= 0.6 is 11.6 Å². The highest BCUT2D eigenvalue weighted by Crippen LogP contribution is 2.32. The molecule has 1 aromatic carbocycles. The molecule has 0 aliphatic heterocycles. The van der Waals surface area contributed by atoms with Gasteiger partial charge in [-0.2, -0.15) is 0 Å². The lowest BCUT2D eigenvalue weighted by Gasteiger charge is -2.09. The van der Waals surface area contributed by atoms with Crippen LogP contribution in [-0.4, -0.2) is 15.0 Å². The van der Waals surface area contributed by atoms with Gasteiger partial charge in [0.1, 0.15) is 0 Å². The maximum Gasteiger partial charge on any atom is 0.240 e. The Kier molecular flexibility index (Phi) is 3.84. The van der Waals surface area contributed by atoms with Gasteiger partial charge in [-0.05, 0) is 37.0 Å². The summed E-state index contributed by atoms with van der Waals surface area (Å²) in [5.74, 6) is 0.694. The molecular formula is C12H17ClN2O2S.